The number of benzene rings is 1. The van der Waals surface area contributed by atoms with E-state index in [1.807, 2.05) is 0 Å². The second-order valence-electron chi connectivity index (χ2n) is 3.62. The molecule has 0 fully saturated rings. The highest BCUT2D eigenvalue weighted by Crippen LogP contribution is 2.35. The lowest BCUT2D eigenvalue weighted by Gasteiger charge is -2.16. The number of hydrogen-bond acceptors (Lipinski definition) is 3. The van der Waals surface area contributed by atoms with E-state index in [4.69, 9.17) is 15.2 Å². The maximum Gasteiger partial charge on any atom is 0.285 e. The van der Waals surface area contributed by atoms with Crippen LogP contribution in [-0.4, -0.2) is 19.8 Å². The van der Waals surface area contributed by atoms with Gasteiger partial charge in [-0.25, -0.2) is 0 Å². The van der Waals surface area contributed by atoms with Gasteiger partial charge in [-0.3, -0.25) is 0 Å². The SMILES string of the molecule is NCC(F)(F)c1ccc2c(c1)OCCCO2. The lowest BCUT2D eigenvalue weighted by atomic mass is 10.1. The molecule has 1 aromatic carbocycles. The molecule has 0 saturated heterocycles. The topological polar surface area (TPSA) is 44.5 Å². The molecule has 0 amide bonds. The number of hydrogen-bond donors (Lipinski definition) is 1. The summed E-state index contributed by atoms with van der Waals surface area (Å²) in [5, 5.41) is 0. The number of ether oxygens (including phenoxy) is 2. The van der Waals surface area contributed by atoms with E-state index in [1.54, 1.807) is 0 Å². The van der Waals surface area contributed by atoms with Crippen LogP contribution in [0.4, 0.5) is 8.78 Å². The van der Waals surface area contributed by atoms with Gasteiger partial charge in [-0.15, -0.1) is 0 Å². The van der Waals surface area contributed by atoms with E-state index in [0.29, 0.717) is 24.7 Å². The highest BCUT2D eigenvalue weighted by molar-refractivity contribution is 5.44. The lowest BCUT2D eigenvalue weighted by Crippen LogP contribution is -2.25. The molecule has 0 bridgehead atoms. The molecule has 0 atom stereocenters. The van der Waals surface area contributed by atoms with Gasteiger partial charge in [0.05, 0.1) is 19.8 Å². The van der Waals surface area contributed by atoms with Crippen molar-refractivity contribution >= 4 is 0 Å². The fourth-order valence-electron chi connectivity index (χ4n) is 1.51. The molecule has 0 radical (unpaired) electrons. The van der Waals surface area contributed by atoms with E-state index in [1.165, 1.54) is 18.2 Å². The number of rotatable bonds is 2. The first-order chi connectivity index (χ1) is 7.63. The van der Waals surface area contributed by atoms with E-state index in [-0.39, 0.29) is 5.56 Å². The summed E-state index contributed by atoms with van der Waals surface area (Å²) in [6, 6.07) is 4.12. The molecule has 1 aromatic rings. The van der Waals surface area contributed by atoms with Crippen LogP contribution in [0.1, 0.15) is 12.0 Å². The molecule has 0 unspecified atom stereocenters. The molecule has 3 nitrogen and oxygen atoms in total. The number of halogens is 2. The Kier molecular flexibility index (Phi) is 2.96. The Hall–Kier alpha value is -1.36. The van der Waals surface area contributed by atoms with Crippen LogP contribution in [0.2, 0.25) is 0 Å². The highest BCUT2D eigenvalue weighted by Gasteiger charge is 2.30. The summed E-state index contributed by atoms with van der Waals surface area (Å²) in [6.07, 6.45) is 0.747. The normalized spacial score (nSPS) is 15.7. The molecule has 16 heavy (non-hydrogen) atoms. The third-order valence-corrected chi connectivity index (χ3v) is 2.43. The molecule has 1 aliphatic rings. The van der Waals surface area contributed by atoms with Crippen molar-refractivity contribution in [2.75, 3.05) is 19.8 Å². The molecule has 88 valence electrons. The first-order valence-electron chi connectivity index (χ1n) is 5.11. The summed E-state index contributed by atoms with van der Waals surface area (Å²) in [4.78, 5) is 0. The first kappa shape index (κ1) is 11.1. The second kappa shape index (κ2) is 4.25. The minimum atomic E-state index is -3.02. The van der Waals surface area contributed by atoms with Crippen LogP contribution >= 0.6 is 0 Å². The third-order valence-electron chi connectivity index (χ3n) is 2.43. The summed E-state index contributed by atoms with van der Waals surface area (Å²) in [5.74, 6) is -2.15. The summed E-state index contributed by atoms with van der Waals surface area (Å²) in [5.41, 5.74) is 4.88. The molecule has 1 heterocycles. The molecular formula is C11H13F2NO2. The van der Waals surface area contributed by atoms with Gasteiger partial charge >= 0.3 is 0 Å². The second-order valence-corrected chi connectivity index (χ2v) is 3.62. The van der Waals surface area contributed by atoms with Crippen LogP contribution in [0, 0.1) is 0 Å². The summed E-state index contributed by atoms with van der Waals surface area (Å²) in [7, 11) is 0. The molecule has 0 aliphatic carbocycles. The number of alkyl halides is 2. The van der Waals surface area contributed by atoms with Gasteiger partial charge in [0, 0.05) is 12.0 Å². The predicted molar refractivity (Wildman–Crippen MR) is 55.0 cm³/mol. The Morgan fingerprint density at radius 3 is 2.56 bits per heavy atom. The standard InChI is InChI=1S/C11H13F2NO2/c12-11(13,7-14)8-2-3-9-10(6-8)16-5-1-4-15-9/h2-3,6H,1,4-5,7,14H2. The van der Waals surface area contributed by atoms with Crippen LogP contribution in [0.3, 0.4) is 0 Å². The average Bonchev–Trinajstić information content (AvgIpc) is 2.53. The smallest absolute Gasteiger partial charge is 0.285 e. The van der Waals surface area contributed by atoms with Gasteiger partial charge in [0.2, 0.25) is 0 Å². The fourth-order valence-corrected chi connectivity index (χ4v) is 1.51. The minimum absolute atomic E-state index is 0.140. The van der Waals surface area contributed by atoms with Gasteiger partial charge in [-0.2, -0.15) is 8.78 Å². The van der Waals surface area contributed by atoms with Crippen molar-refractivity contribution in [1.82, 2.24) is 0 Å². The quantitative estimate of drug-likeness (QED) is 0.842. The lowest BCUT2D eigenvalue weighted by molar-refractivity contribution is 0.00569. The van der Waals surface area contributed by atoms with E-state index in [0.717, 1.165) is 6.42 Å². The monoisotopic (exact) mass is 229 g/mol. The van der Waals surface area contributed by atoms with Crippen LogP contribution in [0.25, 0.3) is 0 Å². The van der Waals surface area contributed by atoms with Gasteiger partial charge in [0.15, 0.2) is 11.5 Å². The third kappa shape index (κ3) is 2.09. The molecular weight excluding hydrogens is 216 g/mol. The van der Waals surface area contributed by atoms with Crippen molar-refractivity contribution in [3.8, 4) is 11.5 Å². The predicted octanol–water partition coefficient (Wildman–Crippen LogP) is 1.90. The zero-order chi connectivity index (χ0) is 11.6. The Bertz CT molecular complexity index is 382. The van der Waals surface area contributed by atoms with Crippen molar-refractivity contribution in [3.63, 3.8) is 0 Å². The van der Waals surface area contributed by atoms with E-state index < -0.39 is 12.5 Å². The van der Waals surface area contributed by atoms with Gasteiger partial charge in [0.25, 0.3) is 5.92 Å². The molecule has 2 N–H and O–H groups in total. The van der Waals surface area contributed by atoms with Gasteiger partial charge < -0.3 is 15.2 Å². The Labute approximate surface area is 92.1 Å². The Morgan fingerprint density at radius 1 is 1.19 bits per heavy atom. The molecule has 0 saturated carbocycles. The van der Waals surface area contributed by atoms with Crippen molar-refractivity contribution in [2.24, 2.45) is 5.73 Å². The zero-order valence-electron chi connectivity index (χ0n) is 8.71. The largest absolute Gasteiger partial charge is 0.490 e. The van der Waals surface area contributed by atoms with E-state index in [2.05, 4.69) is 0 Å². The van der Waals surface area contributed by atoms with Crippen LogP contribution in [0.15, 0.2) is 18.2 Å². The first-order valence-corrected chi connectivity index (χ1v) is 5.11. The molecule has 1 aliphatic heterocycles. The van der Waals surface area contributed by atoms with Crippen molar-refractivity contribution in [3.05, 3.63) is 23.8 Å². The van der Waals surface area contributed by atoms with E-state index >= 15 is 0 Å². The maximum absolute atomic E-state index is 13.3. The molecule has 0 aromatic heterocycles. The maximum atomic E-state index is 13.3. The van der Waals surface area contributed by atoms with Crippen LogP contribution < -0.4 is 15.2 Å². The summed E-state index contributed by atoms with van der Waals surface area (Å²) >= 11 is 0. The van der Waals surface area contributed by atoms with Crippen molar-refractivity contribution in [2.45, 2.75) is 12.3 Å². The van der Waals surface area contributed by atoms with E-state index in [9.17, 15) is 8.78 Å². The van der Waals surface area contributed by atoms with Crippen molar-refractivity contribution in [1.29, 1.82) is 0 Å². The van der Waals surface area contributed by atoms with Gasteiger partial charge in [-0.05, 0) is 18.2 Å². The highest BCUT2D eigenvalue weighted by atomic mass is 19.3. The Balaban J connectivity index is 2.34. The fraction of sp³-hybridized carbons (Fsp3) is 0.455. The number of fused-ring (bicyclic) bond motifs is 1. The van der Waals surface area contributed by atoms with Crippen molar-refractivity contribution < 1.29 is 18.3 Å². The number of nitrogens with two attached hydrogens (primary N) is 1. The molecule has 2 rings (SSSR count). The molecule has 0 spiro atoms. The van der Waals surface area contributed by atoms with Gasteiger partial charge in [-0.1, -0.05) is 0 Å². The zero-order valence-corrected chi connectivity index (χ0v) is 8.71. The molecule has 5 heteroatoms. The van der Waals surface area contributed by atoms with Gasteiger partial charge in [0.1, 0.15) is 0 Å². The van der Waals surface area contributed by atoms with Crippen LogP contribution in [0.5, 0.6) is 11.5 Å². The van der Waals surface area contributed by atoms with Crippen LogP contribution in [-0.2, 0) is 5.92 Å². The minimum Gasteiger partial charge on any atom is -0.490 e. The summed E-state index contributed by atoms with van der Waals surface area (Å²) < 4.78 is 37.3. The summed E-state index contributed by atoms with van der Waals surface area (Å²) in [6.45, 7) is 0.303. The Morgan fingerprint density at radius 2 is 1.88 bits per heavy atom. The average molecular weight is 229 g/mol.